The van der Waals surface area contributed by atoms with Gasteiger partial charge in [0.15, 0.2) is 5.75 Å². The number of amides is 1. The first kappa shape index (κ1) is 12.6. The molecular weight excluding hydrogens is 246 g/mol. The molecule has 0 unspecified atom stereocenters. The molecule has 1 amide bonds. The van der Waals surface area contributed by atoms with Crippen LogP contribution in [-0.4, -0.2) is 17.5 Å². The highest BCUT2D eigenvalue weighted by Crippen LogP contribution is 2.21. The molecule has 5 heteroatoms. The average Bonchev–Trinajstić information content (AvgIpc) is 2.46. The Kier molecular flexibility index (Phi) is 3.78. The average molecular weight is 257 g/mol. The zero-order valence-corrected chi connectivity index (χ0v) is 9.89. The second-order valence-electron chi connectivity index (χ2n) is 3.66. The number of aromatic carboxylic acids is 1. The van der Waals surface area contributed by atoms with Crippen molar-refractivity contribution in [2.75, 3.05) is 5.06 Å². The van der Waals surface area contributed by atoms with Gasteiger partial charge in [0, 0.05) is 0 Å². The van der Waals surface area contributed by atoms with Crippen LogP contribution in [0.4, 0.5) is 5.69 Å². The number of carboxylic acids is 1. The number of benzene rings is 2. The maximum Gasteiger partial charge on any atom is 0.337 e. The molecule has 1 N–H and O–H groups in total. The summed E-state index contributed by atoms with van der Waals surface area (Å²) in [5.41, 5.74) is 0.166. The molecule has 2 aromatic carbocycles. The summed E-state index contributed by atoms with van der Waals surface area (Å²) in [4.78, 5) is 27.5. The highest BCUT2D eigenvalue weighted by Gasteiger charge is 2.16. The number of hydrogen-bond acceptors (Lipinski definition) is 3. The van der Waals surface area contributed by atoms with Crippen molar-refractivity contribution in [2.24, 2.45) is 0 Å². The van der Waals surface area contributed by atoms with Crippen LogP contribution in [0.3, 0.4) is 0 Å². The summed E-state index contributed by atoms with van der Waals surface area (Å²) in [7, 11) is 0. The molecule has 2 aromatic rings. The molecule has 0 atom stereocenters. The van der Waals surface area contributed by atoms with Gasteiger partial charge in [-0.3, -0.25) is 4.79 Å². The molecule has 0 saturated heterocycles. The van der Waals surface area contributed by atoms with E-state index in [0.717, 1.165) is 5.06 Å². The minimum Gasteiger partial charge on any atom is -0.478 e. The van der Waals surface area contributed by atoms with E-state index in [1.54, 1.807) is 36.4 Å². The number of para-hydroxylation sites is 2. The first-order chi connectivity index (χ1) is 9.22. The molecule has 19 heavy (non-hydrogen) atoms. The lowest BCUT2D eigenvalue weighted by Crippen LogP contribution is -2.27. The molecule has 0 aliphatic rings. The maximum atomic E-state index is 11.1. The van der Waals surface area contributed by atoms with E-state index in [1.807, 2.05) is 6.07 Å². The molecule has 5 nitrogen and oxygen atoms in total. The number of carbonyl (C=O) groups is 2. The van der Waals surface area contributed by atoms with Crippen molar-refractivity contribution in [3.63, 3.8) is 0 Å². The Balaban J connectivity index is 2.32. The summed E-state index contributed by atoms with van der Waals surface area (Å²) in [6.07, 6.45) is 0.425. The van der Waals surface area contributed by atoms with Gasteiger partial charge >= 0.3 is 5.97 Å². The number of hydroxylamine groups is 1. The van der Waals surface area contributed by atoms with E-state index >= 15 is 0 Å². The largest absolute Gasteiger partial charge is 0.478 e. The number of rotatable bonds is 5. The number of nitrogens with zero attached hydrogens (tertiary/aromatic N) is 1. The first-order valence-electron chi connectivity index (χ1n) is 5.52. The molecule has 2 rings (SSSR count). The van der Waals surface area contributed by atoms with Gasteiger partial charge < -0.3 is 9.94 Å². The molecular formula is C14H11NO4. The summed E-state index contributed by atoms with van der Waals surface area (Å²) in [6, 6.07) is 14.8. The van der Waals surface area contributed by atoms with Crippen LogP contribution in [-0.2, 0) is 4.79 Å². The number of anilines is 1. The van der Waals surface area contributed by atoms with E-state index in [-0.39, 0.29) is 11.3 Å². The summed E-state index contributed by atoms with van der Waals surface area (Å²) in [6.45, 7) is 0. The van der Waals surface area contributed by atoms with Crippen molar-refractivity contribution in [2.45, 2.75) is 0 Å². The molecule has 0 fully saturated rings. The van der Waals surface area contributed by atoms with E-state index in [1.165, 1.54) is 12.1 Å². The third kappa shape index (κ3) is 2.90. The second-order valence-corrected chi connectivity index (χ2v) is 3.66. The lowest BCUT2D eigenvalue weighted by Gasteiger charge is -2.19. The summed E-state index contributed by atoms with van der Waals surface area (Å²) >= 11 is 0. The van der Waals surface area contributed by atoms with Crippen LogP contribution in [0.1, 0.15) is 10.4 Å². The fourth-order valence-electron chi connectivity index (χ4n) is 1.57. The van der Waals surface area contributed by atoms with Gasteiger partial charge in [0.25, 0.3) is 0 Å². The van der Waals surface area contributed by atoms with Gasteiger partial charge in [-0.1, -0.05) is 30.3 Å². The first-order valence-corrected chi connectivity index (χ1v) is 5.52. The van der Waals surface area contributed by atoms with Gasteiger partial charge in [-0.25, -0.2) is 4.79 Å². The predicted octanol–water partition coefficient (Wildman–Crippen LogP) is 2.34. The Labute approximate surface area is 109 Å². The Morgan fingerprint density at radius 1 is 1.05 bits per heavy atom. The van der Waals surface area contributed by atoms with Gasteiger partial charge in [-0.2, -0.15) is 0 Å². The van der Waals surface area contributed by atoms with Gasteiger partial charge in [-0.05, 0) is 24.3 Å². The second kappa shape index (κ2) is 5.68. The fourth-order valence-corrected chi connectivity index (χ4v) is 1.57. The fraction of sp³-hybridized carbons (Fsp3) is 0. The monoisotopic (exact) mass is 257 g/mol. The van der Waals surface area contributed by atoms with Crippen molar-refractivity contribution in [3.05, 3.63) is 60.2 Å². The zero-order chi connectivity index (χ0) is 13.7. The molecule has 0 radical (unpaired) electrons. The van der Waals surface area contributed by atoms with Gasteiger partial charge in [-0.15, -0.1) is 5.06 Å². The normalized spacial score (nSPS) is 9.68. The third-order valence-electron chi connectivity index (χ3n) is 2.41. The molecule has 0 aromatic heterocycles. The van der Waals surface area contributed by atoms with Gasteiger partial charge in [0.2, 0.25) is 6.41 Å². The third-order valence-corrected chi connectivity index (χ3v) is 2.41. The minimum absolute atomic E-state index is 0.00877. The SMILES string of the molecule is O=CN(Oc1ccccc1)c1ccccc1C(=O)O. The smallest absolute Gasteiger partial charge is 0.337 e. The van der Waals surface area contributed by atoms with Crippen molar-refractivity contribution in [3.8, 4) is 5.75 Å². The maximum absolute atomic E-state index is 11.1. The van der Waals surface area contributed by atoms with E-state index in [4.69, 9.17) is 9.94 Å². The van der Waals surface area contributed by atoms with E-state index < -0.39 is 5.97 Å². The molecule has 0 aliphatic heterocycles. The Bertz CT molecular complexity index is 583. The molecule has 0 saturated carbocycles. The van der Waals surface area contributed by atoms with E-state index in [0.29, 0.717) is 12.2 Å². The van der Waals surface area contributed by atoms with E-state index in [9.17, 15) is 9.59 Å². The van der Waals surface area contributed by atoms with Crippen LogP contribution >= 0.6 is 0 Å². The molecule has 0 aliphatic carbocycles. The Hall–Kier alpha value is -2.82. The van der Waals surface area contributed by atoms with Crippen molar-refractivity contribution < 1.29 is 19.5 Å². The van der Waals surface area contributed by atoms with Crippen molar-refractivity contribution >= 4 is 18.1 Å². The van der Waals surface area contributed by atoms with Crippen LogP contribution < -0.4 is 9.90 Å². The number of carbonyl (C=O) groups excluding carboxylic acids is 1. The van der Waals surface area contributed by atoms with Crippen molar-refractivity contribution in [1.82, 2.24) is 0 Å². The molecule has 96 valence electrons. The quantitative estimate of drug-likeness (QED) is 0.659. The highest BCUT2D eigenvalue weighted by atomic mass is 16.7. The van der Waals surface area contributed by atoms with Crippen molar-refractivity contribution in [1.29, 1.82) is 0 Å². The van der Waals surface area contributed by atoms with Crippen LogP contribution in [0.25, 0.3) is 0 Å². The summed E-state index contributed by atoms with van der Waals surface area (Å²) < 4.78 is 0. The van der Waals surface area contributed by atoms with Gasteiger partial charge in [0.05, 0.1) is 11.3 Å². The molecule has 0 spiro atoms. The predicted molar refractivity (Wildman–Crippen MR) is 69.0 cm³/mol. The van der Waals surface area contributed by atoms with Crippen LogP contribution in [0.2, 0.25) is 0 Å². The number of carboxylic acid groups (broad SMARTS) is 1. The standard InChI is InChI=1S/C14H11NO4/c16-10-15(19-11-6-2-1-3-7-11)13-9-5-4-8-12(13)14(17)18/h1-10H,(H,17,18). The lowest BCUT2D eigenvalue weighted by atomic mass is 10.2. The Morgan fingerprint density at radius 2 is 1.68 bits per heavy atom. The van der Waals surface area contributed by atoms with Gasteiger partial charge in [0.1, 0.15) is 0 Å². The minimum atomic E-state index is -1.13. The lowest BCUT2D eigenvalue weighted by molar-refractivity contribution is -0.111. The van der Waals surface area contributed by atoms with Crippen LogP contribution in [0, 0.1) is 0 Å². The zero-order valence-electron chi connectivity index (χ0n) is 9.89. The van der Waals surface area contributed by atoms with Crippen LogP contribution in [0.15, 0.2) is 54.6 Å². The molecule has 0 bridgehead atoms. The summed E-state index contributed by atoms with van der Waals surface area (Å²) in [5.74, 6) is -0.686. The Morgan fingerprint density at radius 3 is 2.32 bits per heavy atom. The van der Waals surface area contributed by atoms with Crippen LogP contribution in [0.5, 0.6) is 5.75 Å². The number of hydrogen-bond donors (Lipinski definition) is 1. The topological polar surface area (TPSA) is 66.8 Å². The summed E-state index contributed by atoms with van der Waals surface area (Å²) in [5, 5.41) is 9.97. The highest BCUT2D eigenvalue weighted by molar-refractivity contribution is 5.96. The van der Waals surface area contributed by atoms with E-state index in [2.05, 4.69) is 0 Å². The molecule has 0 heterocycles.